The second-order valence-corrected chi connectivity index (χ2v) is 4.50. The van der Waals surface area contributed by atoms with Gasteiger partial charge in [0.1, 0.15) is 11.3 Å². The average Bonchev–Trinajstić information content (AvgIpc) is 2.35. The molecule has 98 valence electrons. The number of aromatic carboxylic acids is 1. The van der Waals surface area contributed by atoms with E-state index in [0.717, 1.165) is 5.75 Å². The molecule has 0 unspecified atom stereocenters. The van der Waals surface area contributed by atoms with E-state index in [1.54, 1.807) is 17.8 Å². The number of carbonyl (C=O) groups excluding carboxylic acids is 1. The highest BCUT2D eigenvalue weighted by molar-refractivity contribution is 7.98. The van der Waals surface area contributed by atoms with Crippen LogP contribution in [-0.2, 0) is 4.79 Å². The smallest absolute Gasteiger partial charge is 0.339 e. The Morgan fingerprint density at radius 2 is 2.17 bits per heavy atom. The maximum absolute atomic E-state index is 11.5. The van der Waals surface area contributed by atoms with E-state index in [1.165, 1.54) is 19.2 Å². The molecular weight excluding hydrogens is 254 g/mol. The minimum atomic E-state index is -1.06. The molecule has 0 aliphatic heterocycles. The first-order valence-corrected chi connectivity index (χ1v) is 6.68. The van der Waals surface area contributed by atoms with Gasteiger partial charge in [-0.2, -0.15) is 11.8 Å². The van der Waals surface area contributed by atoms with Crippen LogP contribution < -0.4 is 10.1 Å². The van der Waals surface area contributed by atoms with Crippen LogP contribution in [0.3, 0.4) is 0 Å². The fraction of sp³-hybridized carbons (Fsp3) is 0.333. The zero-order valence-corrected chi connectivity index (χ0v) is 11.0. The Kier molecular flexibility index (Phi) is 5.51. The van der Waals surface area contributed by atoms with Crippen molar-refractivity contribution in [3.63, 3.8) is 0 Å². The lowest BCUT2D eigenvalue weighted by Gasteiger charge is -2.09. The number of methoxy groups -OCH3 is 1. The molecule has 0 heterocycles. The van der Waals surface area contributed by atoms with E-state index < -0.39 is 5.97 Å². The van der Waals surface area contributed by atoms with Crippen molar-refractivity contribution in [2.75, 3.05) is 24.4 Å². The molecule has 0 aromatic heterocycles. The predicted molar refractivity (Wildman–Crippen MR) is 71.6 cm³/mol. The van der Waals surface area contributed by atoms with Gasteiger partial charge in [0.15, 0.2) is 0 Å². The number of anilines is 1. The molecule has 1 amide bonds. The standard InChI is InChI=1S/C12H15NO4S/c1-17-10-7-8(3-4-9(10)12(15)16)13-11(14)5-6-18-2/h3-4,7H,5-6H2,1-2H3,(H,13,14)(H,15,16). The molecule has 0 atom stereocenters. The lowest BCUT2D eigenvalue weighted by molar-refractivity contribution is -0.115. The van der Waals surface area contributed by atoms with Crippen LogP contribution in [0.2, 0.25) is 0 Å². The third-order valence-corrected chi connectivity index (χ3v) is 2.86. The Morgan fingerprint density at radius 1 is 1.44 bits per heavy atom. The molecule has 0 aliphatic rings. The summed E-state index contributed by atoms with van der Waals surface area (Å²) in [5.41, 5.74) is 0.600. The zero-order chi connectivity index (χ0) is 13.5. The molecule has 1 aromatic carbocycles. The van der Waals surface area contributed by atoms with Crippen molar-refractivity contribution in [1.29, 1.82) is 0 Å². The molecule has 1 aromatic rings. The zero-order valence-electron chi connectivity index (χ0n) is 10.2. The summed E-state index contributed by atoms with van der Waals surface area (Å²) in [6.07, 6.45) is 2.35. The largest absolute Gasteiger partial charge is 0.496 e. The number of amides is 1. The molecule has 0 spiro atoms. The maximum atomic E-state index is 11.5. The highest BCUT2D eigenvalue weighted by Crippen LogP contribution is 2.23. The van der Waals surface area contributed by atoms with Gasteiger partial charge in [-0.25, -0.2) is 4.79 Å². The van der Waals surface area contributed by atoms with Crippen molar-refractivity contribution < 1.29 is 19.4 Å². The van der Waals surface area contributed by atoms with Gasteiger partial charge in [-0.15, -0.1) is 0 Å². The molecule has 0 saturated carbocycles. The van der Waals surface area contributed by atoms with Crippen molar-refractivity contribution >= 4 is 29.3 Å². The summed E-state index contributed by atoms with van der Waals surface area (Å²) in [5, 5.41) is 11.6. The van der Waals surface area contributed by atoms with Gasteiger partial charge in [0.25, 0.3) is 0 Å². The van der Waals surface area contributed by atoms with Gasteiger partial charge in [-0.1, -0.05) is 0 Å². The Labute approximate surface area is 110 Å². The second kappa shape index (κ2) is 6.90. The quantitative estimate of drug-likeness (QED) is 0.827. The van der Waals surface area contributed by atoms with Crippen LogP contribution in [0.4, 0.5) is 5.69 Å². The van der Waals surface area contributed by atoms with E-state index in [4.69, 9.17) is 9.84 Å². The summed E-state index contributed by atoms with van der Waals surface area (Å²) in [6, 6.07) is 4.45. The molecule has 6 heteroatoms. The molecule has 0 bridgehead atoms. The summed E-state index contributed by atoms with van der Waals surface area (Å²) in [7, 11) is 1.39. The van der Waals surface area contributed by atoms with Crippen LogP contribution >= 0.6 is 11.8 Å². The first kappa shape index (κ1) is 14.4. The molecular formula is C12H15NO4S. The van der Waals surface area contributed by atoms with Gasteiger partial charge in [0.2, 0.25) is 5.91 Å². The molecule has 0 radical (unpaired) electrons. The summed E-state index contributed by atoms with van der Waals surface area (Å²) in [4.78, 5) is 22.4. The number of nitrogens with one attached hydrogen (secondary N) is 1. The first-order chi connectivity index (χ1) is 8.58. The van der Waals surface area contributed by atoms with Crippen molar-refractivity contribution in [2.45, 2.75) is 6.42 Å². The van der Waals surface area contributed by atoms with Crippen LogP contribution in [0, 0.1) is 0 Å². The van der Waals surface area contributed by atoms with Crippen LogP contribution in [0.25, 0.3) is 0 Å². The van der Waals surface area contributed by atoms with Gasteiger partial charge in [-0.05, 0) is 18.4 Å². The number of carbonyl (C=O) groups is 2. The van der Waals surface area contributed by atoms with Gasteiger partial charge in [0, 0.05) is 23.9 Å². The number of hydrogen-bond donors (Lipinski definition) is 2. The van der Waals surface area contributed by atoms with E-state index in [0.29, 0.717) is 12.1 Å². The molecule has 1 rings (SSSR count). The minimum Gasteiger partial charge on any atom is -0.496 e. The predicted octanol–water partition coefficient (Wildman–Crippen LogP) is 2.08. The summed E-state index contributed by atoms with van der Waals surface area (Å²) in [6.45, 7) is 0. The van der Waals surface area contributed by atoms with Crippen molar-refractivity contribution in [3.05, 3.63) is 23.8 Å². The van der Waals surface area contributed by atoms with Crippen molar-refractivity contribution in [2.24, 2.45) is 0 Å². The van der Waals surface area contributed by atoms with Crippen molar-refractivity contribution in [1.82, 2.24) is 0 Å². The average molecular weight is 269 g/mol. The van der Waals surface area contributed by atoms with Gasteiger partial charge >= 0.3 is 5.97 Å². The highest BCUT2D eigenvalue weighted by atomic mass is 32.2. The summed E-state index contributed by atoms with van der Waals surface area (Å²) < 4.78 is 4.97. The second-order valence-electron chi connectivity index (χ2n) is 3.51. The molecule has 5 nitrogen and oxygen atoms in total. The number of rotatable bonds is 6. The third-order valence-electron chi connectivity index (χ3n) is 2.25. The Bertz CT molecular complexity index is 448. The third kappa shape index (κ3) is 3.96. The normalized spacial score (nSPS) is 9.89. The fourth-order valence-corrected chi connectivity index (χ4v) is 1.75. The first-order valence-electron chi connectivity index (χ1n) is 5.28. The number of thioether (sulfide) groups is 1. The van der Waals surface area contributed by atoms with E-state index in [9.17, 15) is 9.59 Å². The Hall–Kier alpha value is -1.69. The summed E-state index contributed by atoms with van der Waals surface area (Å²) >= 11 is 1.59. The lowest BCUT2D eigenvalue weighted by atomic mass is 10.2. The van der Waals surface area contributed by atoms with Crippen LogP contribution in [0.1, 0.15) is 16.8 Å². The number of carboxylic acids is 1. The highest BCUT2D eigenvalue weighted by Gasteiger charge is 2.12. The topological polar surface area (TPSA) is 75.6 Å². The SMILES string of the molecule is COc1cc(NC(=O)CCSC)ccc1C(=O)O. The monoisotopic (exact) mass is 269 g/mol. The lowest BCUT2D eigenvalue weighted by Crippen LogP contribution is -2.12. The van der Waals surface area contributed by atoms with Gasteiger partial charge in [-0.3, -0.25) is 4.79 Å². The Morgan fingerprint density at radius 3 is 2.72 bits per heavy atom. The molecule has 2 N–H and O–H groups in total. The van der Waals surface area contributed by atoms with Gasteiger partial charge in [0.05, 0.1) is 7.11 Å². The number of ether oxygens (including phenoxy) is 1. The Balaban J connectivity index is 2.79. The summed E-state index contributed by atoms with van der Waals surface area (Å²) in [5.74, 6) is -0.192. The maximum Gasteiger partial charge on any atom is 0.339 e. The van der Waals surface area contributed by atoms with E-state index >= 15 is 0 Å². The van der Waals surface area contributed by atoms with E-state index in [2.05, 4.69) is 5.32 Å². The van der Waals surface area contributed by atoms with Crippen LogP contribution in [-0.4, -0.2) is 36.1 Å². The van der Waals surface area contributed by atoms with Crippen molar-refractivity contribution in [3.8, 4) is 5.75 Å². The number of benzene rings is 1. The number of carboxylic acid groups (broad SMARTS) is 1. The van der Waals surface area contributed by atoms with Crippen LogP contribution in [0.15, 0.2) is 18.2 Å². The van der Waals surface area contributed by atoms with E-state index in [1.807, 2.05) is 6.26 Å². The molecule has 0 aliphatic carbocycles. The number of hydrogen-bond acceptors (Lipinski definition) is 4. The van der Waals surface area contributed by atoms with Gasteiger partial charge < -0.3 is 15.2 Å². The molecule has 18 heavy (non-hydrogen) atoms. The van der Waals surface area contributed by atoms with Crippen LogP contribution in [0.5, 0.6) is 5.75 Å². The molecule has 0 saturated heterocycles. The molecule has 0 fully saturated rings. The van der Waals surface area contributed by atoms with E-state index in [-0.39, 0.29) is 17.2 Å². The fourth-order valence-electron chi connectivity index (χ4n) is 1.36. The minimum absolute atomic E-state index is 0.0691.